The van der Waals surface area contributed by atoms with Crippen LogP contribution < -0.4 is 9.47 Å². The van der Waals surface area contributed by atoms with Gasteiger partial charge in [0.05, 0.1) is 11.1 Å². The van der Waals surface area contributed by atoms with Crippen molar-refractivity contribution in [1.82, 2.24) is 5.16 Å². The lowest BCUT2D eigenvalue weighted by Gasteiger charge is -2.10. The maximum Gasteiger partial charge on any atom is 0.437 e. The van der Waals surface area contributed by atoms with Crippen LogP contribution >= 0.6 is 0 Å². The average molecular weight is 393 g/mol. The molecule has 1 aliphatic heterocycles. The normalized spacial score (nSPS) is 13.1. The van der Waals surface area contributed by atoms with Gasteiger partial charge < -0.3 is 24.2 Å². The molecule has 9 heteroatoms. The van der Waals surface area contributed by atoms with E-state index in [0.717, 1.165) is 6.07 Å². The Labute approximate surface area is 156 Å². The van der Waals surface area contributed by atoms with E-state index in [1.54, 1.807) is 6.92 Å². The van der Waals surface area contributed by atoms with Crippen molar-refractivity contribution in [1.29, 1.82) is 0 Å². The van der Waals surface area contributed by atoms with E-state index < -0.39 is 17.6 Å². The topological polar surface area (TPSA) is 85.0 Å². The van der Waals surface area contributed by atoms with E-state index in [4.69, 9.17) is 14.0 Å². The molecule has 0 aliphatic carbocycles. The van der Waals surface area contributed by atoms with Crippen LogP contribution in [0.15, 0.2) is 34.9 Å². The van der Waals surface area contributed by atoms with E-state index in [0.29, 0.717) is 23.5 Å². The second-order valence-corrected chi connectivity index (χ2v) is 6.15. The Morgan fingerprint density at radius 3 is 2.50 bits per heavy atom. The van der Waals surface area contributed by atoms with E-state index in [-0.39, 0.29) is 35.0 Å². The molecular formula is C19H14F3NO5. The molecule has 146 valence electrons. The Bertz CT molecular complexity index is 1060. The summed E-state index contributed by atoms with van der Waals surface area (Å²) in [6.07, 6.45) is -4.38. The van der Waals surface area contributed by atoms with Gasteiger partial charge in [0.1, 0.15) is 11.5 Å². The molecule has 0 saturated carbocycles. The lowest BCUT2D eigenvalue weighted by atomic mass is 9.96. The second-order valence-electron chi connectivity index (χ2n) is 6.15. The summed E-state index contributed by atoms with van der Waals surface area (Å²) < 4.78 is 56.2. The van der Waals surface area contributed by atoms with Gasteiger partial charge in [0.2, 0.25) is 6.79 Å². The highest BCUT2D eigenvalue weighted by atomic mass is 19.4. The van der Waals surface area contributed by atoms with Gasteiger partial charge in [-0.1, -0.05) is 18.1 Å². The van der Waals surface area contributed by atoms with E-state index >= 15 is 0 Å². The molecule has 0 radical (unpaired) electrons. The molecule has 1 aliphatic rings. The number of rotatable bonds is 3. The standard InChI is InChI=1S/C19H14F3NO5/c1-2-9-5-11(13(25)7-12(9)24)17-16(18(23-28-17)19(20,21)22)10-3-4-14-15(6-10)27-8-26-14/h3-7,24-25H,2,8H2,1H3. The van der Waals surface area contributed by atoms with Crippen molar-refractivity contribution < 1.29 is 37.4 Å². The Morgan fingerprint density at radius 1 is 1.04 bits per heavy atom. The molecule has 2 heterocycles. The van der Waals surface area contributed by atoms with Crippen molar-refractivity contribution in [2.75, 3.05) is 6.79 Å². The van der Waals surface area contributed by atoms with Crippen LogP contribution in [0.3, 0.4) is 0 Å². The van der Waals surface area contributed by atoms with Gasteiger partial charge in [-0.3, -0.25) is 0 Å². The summed E-state index contributed by atoms with van der Waals surface area (Å²) in [7, 11) is 0. The second kappa shape index (κ2) is 6.36. The first-order valence-corrected chi connectivity index (χ1v) is 8.31. The minimum atomic E-state index is -4.78. The van der Waals surface area contributed by atoms with Gasteiger partial charge in [-0.2, -0.15) is 13.2 Å². The molecule has 0 fully saturated rings. The van der Waals surface area contributed by atoms with Crippen LogP contribution in [0.1, 0.15) is 18.2 Å². The van der Waals surface area contributed by atoms with Crippen LogP contribution in [0, 0.1) is 0 Å². The van der Waals surface area contributed by atoms with Gasteiger partial charge in [-0.05, 0) is 35.7 Å². The third-order valence-electron chi connectivity index (χ3n) is 4.44. The third-order valence-corrected chi connectivity index (χ3v) is 4.44. The molecule has 1 aromatic heterocycles. The van der Waals surface area contributed by atoms with Crippen LogP contribution in [0.5, 0.6) is 23.0 Å². The number of alkyl halides is 3. The molecule has 2 aromatic carbocycles. The largest absolute Gasteiger partial charge is 0.508 e. The fourth-order valence-corrected chi connectivity index (χ4v) is 3.07. The lowest BCUT2D eigenvalue weighted by Crippen LogP contribution is -2.07. The summed E-state index contributed by atoms with van der Waals surface area (Å²) >= 11 is 0. The first-order valence-electron chi connectivity index (χ1n) is 8.31. The van der Waals surface area contributed by atoms with Crippen LogP contribution in [-0.4, -0.2) is 22.2 Å². The van der Waals surface area contributed by atoms with Crippen LogP contribution in [0.4, 0.5) is 13.2 Å². The van der Waals surface area contributed by atoms with Crippen LogP contribution in [0.2, 0.25) is 0 Å². The molecule has 0 spiro atoms. The number of ether oxygens (including phenoxy) is 2. The van der Waals surface area contributed by atoms with Crippen molar-refractivity contribution in [3.05, 3.63) is 41.6 Å². The van der Waals surface area contributed by atoms with Gasteiger partial charge in [0, 0.05) is 6.07 Å². The molecule has 0 saturated heterocycles. The van der Waals surface area contributed by atoms with E-state index in [1.807, 2.05) is 0 Å². The molecule has 28 heavy (non-hydrogen) atoms. The summed E-state index contributed by atoms with van der Waals surface area (Å²) in [5.41, 5.74) is -1.00. The fourth-order valence-electron chi connectivity index (χ4n) is 3.07. The van der Waals surface area contributed by atoms with Crippen molar-refractivity contribution in [2.24, 2.45) is 0 Å². The number of aryl methyl sites for hydroxylation is 1. The number of phenols is 2. The lowest BCUT2D eigenvalue weighted by molar-refractivity contribution is -0.142. The zero-order chi connectivity index (χ0) is 20.1. The van der Waals surface area contributed by atoms with Gasteiger partial charge >= 0.3 is 6.18 Å². The average Bonchev–Trinajstić information content (AvgIpc) is 3.27. The molecule has 0 bridgehead atoms. The van der Waals surface area contributed by atoms with Crippen molar-refractivity contribution >= 4 is 0 Å². The van der Waals surface area contributed by atoms with Crippen LogP contribution in [-0.2, 0) is 12.6 Å². The predicted octanol–water partition coefficient (Wildman–Crippen LogP) is 4.73. The summed E-state index contributed by atoms with van der Waals surface area (Å²) in [6.45, 7) is 1.73. The van der Waals surface area contributed by atoms with E-state index in [9.17, 15) is 23.4 Å². The zero-order valence-electron chi connectivity index (χ0n) is 14.5. The van der Waals surface area contributed by atoms with Crippen LogP contribution in [0.25, 0.3) is 22.5 Å². The van der Waals surface area contributed by atoms with Crippen molar-refractivity contribution in [3.63, 3.8) is 0 Å². The Balaban J connectivity index is 1.97. The molecular weight excluding hydrogens is 379 g/mol. The molecule has 6 nitrogen and oxygen atoms in total. The SMILES string of the molecule is CCc1cc(-c2onc(C(F)(F)F)c2-c2ccc3c(c2)OCO3)c(O)cc1O. The molecule has 2 N–H and O–H groups in total. The number of hydrogen-bond donors (Lipinski definition) is 2. The summed E-state index contributed by atoms with van der Waals surface area (Å²) in [6, 6.07) is 6.75. The summed E-state index contributed by atoms with van der Waals surface area (Å²) in [5, 5.41) is 23.3. The highest BCUT2D eigenvalue weighted by molar-refractivity contribution is 5.85. The van der Waals surface area contributed by atoms with E-state index in [1.165, 1.54) is 24.3 Å². The minimum absolute atomic E-state index is 0.00897. The molecule has 0 atom stereocenters. The first kappa shape index (κ1) is 18.0. The number of halogens is 3. The van der Waals surface area contributed by atoms with Gasteiger partial charge in [-0.25, -0.2) is 0 Å². The Morgan fingerprint density at radius 2 is 1.79 bits per heavy atom. The molecule has 0 unspecified atom stereocenters. The summed E-state index contributed by atoms with van der Waals surface area (Å²) in [5.74, 6) is -0.151. The third kappa shape index (κ3) is 2.88. The minimum Gasteiger partial charge on any atom is -0.508 e. The first-order chi connectivity index (χ1) is 13.3. The van der Waals surface area contributed by atoms with Gasteiger partial charge in [0.25, 0.3) is 0 Å². The number of aromatic hydroxyl groups is 2. The van der Waals surface area contributed by atoms with E-state index in [2.05, 4.69) is 5.16 Å². The monoisotopic (exact) mass is 393 g/mol. The number of benzene rings is 2. The predicted molar refractivity (Wildman–Crippen MR) is 91.2 cm³/mol. The van der Waals surface area contributed by atoms with Gasteiger partial charge in [-0.15, -0.1) is 0 Å². The molecule has 3 aromatic rings. The number of aromatic nitrogens is 1. The zero-order valence-corrected chi connectivity index (χ0v) is 14.5. The van der Waals surface area contributed by atoms with Crippen molar-refractivity contribution in [3.8, 4) is 45.4 Å². The Kier molecular flexibility index (Phi) is 4.10. The summed E-state index contributed by atoms with van der Waals surface area (Å²) in [4.78, 5) is 0. The number of hydrogen-bond acceptors (Lipinski definition) is 6. The van der Waals surface area contributed by atoms with Crippen molar-refractivity contribution in [2.45, 2.75) is 19.5 Å². The number of phenolic OH excluding ortho intramolecular Hbond substituents is 2. The number of nitrogens with zero attached hydrogens (tertiary/aromatic N) is 1. The Hall–Kier alpha value is -3.36. The highest BCUT2D eigenvalue weighted by Gasteiger charge is 2.41. The molecule has 0 amide bonds. The van der Waals surface area contributed by atoms with Gasteiger partial charge in [0.15, 0.2) is 23.0 Å². The fraction of sp³-hybridized carbons (Fsp3) is 0.211. The molecule has 4 rings (SSSR count). The number of fused-ring (bicyclic) bond motifs is 1. The maximum absolute atomic E-state index is 13.6. The maximum atomic E-state index is 13.6. The quantitative estimate of drug-likeness (QED) is 0.669. The smallest absolute Gasteiger partial charge is 0.437 e. The highest BCUT2D eigenvalue weighted by Crippen LogP contribution is 2.47.